The summed E-state index contributed by atoms with van der Waals surface area (Å²) in [4.78, 5) is 26.3. The highest BCUT2D eigenvalue weighted by atomic mass is 19.2. The molecule has 0 aromatic heterocycles. The van der Waals surface area contributed by atoms with Gasteiger partial charge >= 0.3 is 0 Å². The number of nitrogens with two attached hydrogens (primary N) is 1. The third-order valence-corrected chi connectivity index (χ3v) is 6.67. The minimum Gasteiger partial charge on any atom is -0.393 e. The molecule has 0 spiro atoms. The molecule has 2 fully saturated rings. The van der Waals surface area contributed by atoms with Crippen molar-refractivity contribution in [2.75, 3.05) is 13.1 Å². The molecule has 0 bridgehead atoms. The molecule has 9 heteroatoms. The maximum absolute atomic E-state index is 13.9. The third-order valence-electron chi connectivity index (χ3n) is 6.67. The number of hydrogen-bond donors (Lipinski definition) is 3. The number of nitrogens with one attached hydrogen (secondary N) is 1. The number of aliphatic hydroxyl groups is 1. The molecule has 2 aliphatic rings. The molecule has 0 unspecified atom stereocenters. The average molecular weight is 456 g/mol. The smallest absolute Gasteiger partial charge is 0.223 e. The van der Waals surface area contributed by atoms with Gasteiger partial charge in [0.1, 0.15) is 5.82 Å². The molecule has 1 heterocycles. The van der Waals surface area contributed by atoms with E-state index in [9.17, 15) is 27.9 Å². The molecule has 0 radical (unpaired) electrons. The van der Waals surface area contributed by atoms with Crippen LogP contribution in [0.3, 0.4) is 0 Å². The predicted octanol–water partition coefficient (Wildman–Crippen LogP) is 2.41. The number of aliphatic hydroxyl groups excluding tert-OH is 1. The van der Waals surface area contributed by atoms with Crippen molar-refractivity contribution >= 4 is 11.8 Å². The maximum atomic E-state index is 13.9. The Morgan fingerprint density at radius 3 is 2.28 bits per heavy atom. The Labute approximate surface area is 186 Å². The normalized spacial score (nSPS) is 23.1. The average Bonchev–Trinajstić information content (AvgIpc) is 2.77. The summed E-state index contributed by atoms with van der Waals surface area (Å²) in [7, 11) is 0. The van der Waals surface area contributed by atoms with Crippen LogP contribution in [0.25, 0.3) is 0 Å². The van der Waals surface area contributed by atoms with E-state index in [0.717, 1.165) is 18.9 Å². The first-order valence-electron chi connectivity index (χ1n) is 11.4. The largest absolute Gasteiger partial charge is 0.393 e. The quantitative estimate of drug-likeness (QED) is 0.551. The molecule has 1 saturated carbocycles. The number of nitrogens with zero attached hydrogens (tertiary/aromatic N) is 1. The second kappa shape index (κ2) is 11.1. The van der Waals surface area contributed by atoms with Gasteiger partial charge in [0, 0.05) is 44.1 Å². The van der Waals surface area contributed by atoms with Crippen molar-refractivity contribution in [3.8, 4) is 0 Å². The summed E-state index contributed by atoms with van der Waals surface area (Å²) in [6.45, 7) is 0.999. The molecule has 32 heavy (non-hydrogen) atoms. The summed E-state index contributed by atoms with van der Waals surface area (Å²) in [6, 6.07) is 1.03. The van der Waals surface area contributed by atoms with Crippen LogP contribution in [0.5, 0.6) is 0 Å². The Balaban J connectivity index is 1.38. The van der Waals surface area contributed by atoms with Crippen LogP contribution in [-0.4, -0.2) is 53.1 Å². The van der Waals surface area contributed by atoms with Gasteiger partial charge in [0.25, 0.3) is 0 Å². The number of rotatable bonds is 7. The molecule has 1 aromatic rings. The highest BCUT2D eigenvalue weighted by Crippen LogP contribution is 2.24. The topological polar surface area (TPSA) is 95.7 Å². The van der Waals surface area contributed by atoms with Crippen LogP contribution in [0, 0.1) is 23.4 Å². The highest BCUT2D eigenvalue weighted by molar-refractivity contribution is 5.84. The van der Waals surface area contributed by atoms with E-state index < -0.39 is 23.5 Å². The van der Waals surface area contributed by atoms with Crippen molar-refractivity contribution in [3.63, 3.8) is 0 Å². The lowest BCUT2D eigenvalue weighted by molar-refractivity contribution is -0.135. The van der Waals surface area contributed by atoms with Gasteiger partial charge in [-0.25, -0.2) is 13.2 Å². The van der Waals surface area contributed by atoms with E-state index in [1.807, 2.05) is 0 Å². The lowest BCUT2D eigenvalue weighted by Gasteiger charge is -2.35. The Kier molecular flexibility index (Phi) is 8.53. The van der Waals surface area contributed by atoms with Gasteiger partial charge in [-0.1, -0.05) is 0 Å². The maximum Gasteiger partial charge on any atom is 0.223 e. The second-order valence-corrected chi connectivity index (χ2v) is 9.02. The van der Waals surface area contributed by atoms with Crippen LogP contribution in [0.4, 0.5) is 13.2 Å². The van der Waals surface area contributed by atoms with E-state index in [0.29, 0.717) is 44.8 Å². The van der Waals surface area contributed by atoms with E-state index in [1.165, 1.54) is 0 Å². The predicted molar refractivity (Wildman–Crippen MR) is 113 cm³/mol. The molecule has 1 atom stereocenters. The fraction of sp³-hybridized carbons (Fsp3) is 0.652. The molecule has 1 aliphatic heterocycles. The molecule has 1 saturated heterocycles. The molecule has 178 valence electrons. The zero-order valence-electron chi connectivity index (χ0n) is 18.2. The van der Waals surface area contributed by atoms with Gasteiger partial charge in [0.05, 0.1) is 6.10 Å². The third kappa shape index (κ3) is 6.68. The van der Waals surface area contributed by atoms with Gasteiger partial charge in [0.2, 0.25) is 11.8 Å². The summed E-state index contributed by atoms with van der Waals surface area (Å²) >= 11 is 0. The molecule has 1 aliphatic carbocycles. The summed E-state index contributed by atoms with van der Waals surface area (Å²) in [5.41, 5.74) is 6.25. The van der Waals surface area contributed by atoms with Crippen molar-refractivity contribution in [1.29, 1.82) is 0 Å². The first-order valence-corrected chi connectivity index (χ1v) is 11.4. The lowest BCUT2D eigenvalue weighted by Crippen LogP contribution is -2.44. The monoisotopic (exact) mass is 455 g/mol. The number of carbonyl (C=O) groups excluding carboxylic acids is 2. The highest BCUT2D eigenvalue weighted by Gasteiger charge is 2.28. The molecular formula is C23H32F3N3O3. The summed E-state index contributed by atoms with van der Waals surface area (Å²) in [5.74, 6) is -3.33. The van der Waals surface area contributed by atoms with E-state index in [-0.39, 0.29) is 54.7 Å². The Morgan fingerprint density at radius 1 is 1.00 bits per heavy atom. The standard InChI is InChI=1S/C23H32F3N3O3/c24-18-13-20(26)19(25)11-15(18)12-21(27)14-7-9-29(10-8-14)23(32)6-5-22(31)28-16-1-3-17(30)4-2-16/h11,13-14,16-17,21,30H,1-10,12,27H2,(H,28,31)/t16-,17-,21-/m1/s1. The van der Waals surface area contributed by atoms with E-state index in [1.54, 1.807) is 4.90 Å². The number of piperidine rings is 1. The van der Waals surface area contributed by atoms with Crippen molar-refractivity contribution in [1.82, 2.24) is 10.2 Å². The molecule has 3 rings (SSSR count). The zero-order chi connectivity index (χ0) is 23.3. The fourth-order valence-electron chi connectivity index (χ4n) is 4.62. The minimum atomic E-state index is -1.22. The van der Waals surface area contributed by atoms with E-state index in [2.05, 4.69) is 5.32 Å². The number of amides is 2. The number of carbonyl (C=O) groups is 2. The van der Waals surface area contributed by atoms with Gasteiger partial charge in [0.15, 0.2) is 11.6 Å². The van der Waals surface area contributed by atoms with Gasteiger partial charge in [-0.05, 0) is 62.5 Å². The van der Waals surface area contributed by atoms with Crippen molar-refractivity contribution in [2.24, 2.45) is 11.7 Å². The second-order valence-electron chi connectivity index (χ2n) is 9.02. The van der Waals surface area contributed by atoms with Crippen LogP contribution in [-0.2, 0) is 16.0 Å². The first kappa shape index (κ1) is 24.5. The lowest BCUT2D eigenvalue weighted by atomic mass is 9.86. The molecule has 6 nitrogen and oxygen atoms in total. The molecular weight excluding hydrogens is 423 g/mol. The number of hydrogen-bond acceptors (Lipinski definition) is 4. The minimum absolute atomic E-state index is 0.0384. The Morgan fingerprint density at radius 2 is 1.62 bits per heavy atom. The number of benzene rings is 1. The van der Waals surface area contributed by atoms with Crippen LogP contribution in [0.1, 0.15) is 56.9 Å². The van der Waals surface area contributed by atoms with Crippen LogP contribution in [0.2, 0.25) is 0 Å². The summed E-state index contributed by atoms with van der Waals surface area (Å²) in [5, 5.41) is 12.5. The van der Waals surface area contributed by atoms with Crippen LogP contribution < -0.4 is 11.1 Å². The van der Waals surface area contributed by atoms with Gasteiger partial charge in [-0.3, -0.25) is 9.59 Å². The molecule has 2 amide bonds. The van der Waals surface area contributed by atoms with Gasteiger partial charge in [-0.15, -0.1) is 0 Å². The number of likely N-dealkylation sites (tertiary alicyclic amines) is 1. The van der Waals surface area contributed by atoms with E-state index in [4.69, 9.17) is 5.73 Å². The van der Waals surface area contributed by atoms with Gasteiger partial charge in [-0.2, -0.15) is 0 Å². The SMILES string of the molecule is N[C@H](Cc1cc(F)c(F)cc1F)C1CCN(C(=O)CCC(=O)N[C@H]2CC[C@H](O)CC2)CC1. The van der Waals surface area contributed by atoms with E-state index >= 15 is 0 Å². The first-order chi connectivity index (χ1) is 15.2. The van der Waals surface area contributed by atoms with Crippen LogP contribution >= 0.6 is 0 Å². The van der Waals surface area contributed by atoms with Gasteiger partial charge < -0.3 is 21.1 Å². The Bertz CT molecular complexity index is 807. The summed E-state index contributed by atoms with van der Waals surface area (Å²) in [6.07, 6.45) is 4.23. The molecule has 1 aromatic carbocycles. The fourth-order valence-corrected chi connectivity index (χ4v) is 4.62. The zero-order valence-corrected chi connectivity index (χ0v) is 18.2. The Hall–Kier alpha value is -2.13. The van der Waals surface area contributed by atoms with Crippen molar-refractivity contribution in [3.05, 3.63) is 35.1 Å². The van der Waals surface area contributed by atoms with Crippen molar-refractivity contribution in [2.45, 2.75) is 76.0 Å². The number of halogens is 3. The van der Waals surface area contributed by atoms with Crippen LogP contribution in [0.15, 0.2) is 12.1 Å². The van der Waals surface area contributed by atoms with Crippen molar-refractivity contribution < 1.29 is 27.9 Å². The summed E-state index contributed by atoms with van der Waals surface area (Å²) < 4.78 is 40.4. The molecule has 4 N–H and O–H groups in total.